The second kappa shape index (κ2) is 9.76. The van der Waals surface area contributed by atoms with Crippen LogP contribution in [0.25, 0.3) is 27.3 Å². The average Bonchev–Trinajstić information content (AvgIpc) is 3.49. The summed E-state index contributed by atoms with van der Waals surface area (Å²) < 4.78 is 16.2. The van der Waals surface area contributed by atoms with Crippen molar-refractivity contribution in [1.82, 2.24) is 14.6 Å². The molecule has 186 valence electrons. The number of carbonyl (C=O) groups excluding carboxylic acids is 1. The van der Waals surface area contributed by atoms with Crippen molar-refractivity contribution in [2.75, 3.05) is 4.90 Å². The quantitative estimate of drug-likeness (QED) is 0.263. The topological polar surface area (TPSA) is 87.8 Å². The van der Waals surface area contributed by atoms with Crippen LogP contribution < -0.4 is 4.90 Å². The lowest BCUT2D eigenvalue weighted by Crippen LogP contribution is -2.38. The van der Waals surface area contributed by atoms with Gasteiger partial charge >= 0.3 is 5.97 Å². The Labute approximate surface area is 220 Å². The number of thiophene rings is 1. The number of aromatic carboxylic acids is 1. The molecule has 0 aliphatic heterocycles. The smallest absolute Gasteiger partial charge is 0.348 e. The maximum absolute atomic E-state index is 14.6. The monoisotopic (exact) mass is 534 g/mol. The van der Waals surface area contributed by atoms with Crippen LogP contribution in [0.2, 0.25) is 5.02 Å². The maximum atomic E-state index is 14.6. The fourth-order valence-corrected chi connectivity index (χ4v) is 5.20. The molecule has 0 radical (unpaired) electrons. The lowest BCUT2D eigenvalue weighted by molar-refractivity contribution is 0.0703. The van der Waals surface area contributed by atoms with Crippen LogP contribution in [0.3, 0.4) is 0 Å². The van der Waals surface area contributed by atoms with E-state index in [1.165, 1.54) is 17.0 Å². The number of aromatic nitrogens is 3. The molecular weight excluding hydrogens is 515 g/mol. The molecule has 1 N–H and O–H groups in total. The molecule has 5 rings (SSSR count). The maximum Gasteiger partial charge on any atom is 0.348 e. The molecule has 0 saturated heterocycles. The highest BCUT2D eigenvalue weighted by atomic mass is 35.5. The van der Waals surface area contributed by atoms with Gasteiger partial charge in [-0.05, 0) is 49.7 Å². The van der Waals surface area contributed by atoms with Crippen molar-refractivity contribution in [3.63, 3.8) is 0 Å². The van der Waals surface area contributed by atoms with E-state index in [0.29, 0.717) is 4.88 Å². The SMILES string of the molecule is CC(C)N(C(=O)c1ccc(Cl)cc1F)c1cc(-c2ccc(-c3cc4ncccn4n3)cc2)sc1C(=O)O. The number of halogens is 2. The predicted molar refractivity (Wildman–Crippen MR) is 142 cm³/mol. The van der Waals surface area contributed by atoms with E-state index in [0.717, 1.165) is 39.9 Å². The molecule has 10 heteroatoms. The van der Waals surface area contributed by atoms with Gasteiger partial charge in [0.15, 0.2) is 5.65 Å². The van der Waals surface area contributed by atoms with E-state index in [4.69, 9.17) is 11.6 Å². The van der Waals surface area contributed by atoms with Gasteiger partial charge in [0, 0.05) is 40.0 Å². The van der Waals surface area contributed by atoms with E-state index in [-0.39, 0.29) is 21.2 Å². The fourth-order valence-electron chi connectivity index (χ4n) is 4.05. The lowest BCUT2D eigenvalue weighted by atomic mass is 10.1. The number of fused-ring (bicyclic) bond motifs is 1. The number of amides is 1. The molecule has 0 aliphatic rings. The number of rotatable bonds is 6. The Kier molecular flexibility index (Phi) is 6.49. The van der Waals surface area contributed by atoms with Crippen molar-refractivity contribution in [1.29, 1.82) is 0 Å². The van der Waals surface area contributed by atoms with Gasteiger partial charge in [0.2, 0.25) is 0 Å². The van der Waals surface area contributed by atoms with E-state index in [9.17, 15) is 19.1 Å². The Bertz CT molecular complexity index is 1610. The molecule has 37 heavy (non-hydrogen) atoms. The fraction of sp³-hybridized carbons (Fsp3) is 0.111. The third-order valence-electron chi connectivity index (χ3n) is 5.76. The Morgan fingerprint density at radius 1 is 1.08 bits per heavy atom. The first-order valence-electron chi connectivity index (χ1n) is 11.3. The highest BCUT2D eigenvalue weighted by Gasteiger charge is 2.29. The number of carboxylic acid groups (broad SMARTS) is 1. The molecule has 0 saturated carbocycles. The van der Waals surface area contributed by atoms with Gasteiger partial charge in [-0.3, -0.25) is 4.79 Å². The summed E-state index contributed by atoms with van der Waals surface area (Å²) in [5.41, 5.74) is 3.15. The van der Waals surface area contributed by atoms with E-state index >= 15 is 0 Å². The Balaban J connectivity index is 1.52. The number of benzene rings is 2. The first-order valence-corrected chi connectivity index (χ1v) is 12.5. The summed E-state index contributed by atoms with van der Waals surface area (Å²) in [7, 11) is 0. The summed E-state index contributed by atoms with van der Waals surface area (Å²) in [6, 6.07) is 16.2. The van der Waals surface area contributed by atoms with Gasteiger partial charge in [-0.2, -0.15) is 5.10 Å². The van der Waals surface area contributed by atoms with Crippen molar-refractivity contribution < 1.29 is 19.1 Å². The summed E-state index contributed by atoms with van der Waals surface area (Å²) in [5.74, 6) is -2.59. The number of carboxylic acids is 1. The zero-order valence-corrected chi connectivity index (χ0v) is 21.3. The van der Waals surface area contributed by atoms with E-state index in [1.807, 2.05) is 36.5 Å². The van der Waals surface area contributed by atoms with Crippen LogP contribution in [0, 0.1) is 5.82 Å². The molecule has 0 aliphatic carbocycles. The van der Waals surface area contributed by atoms with Crippen LogP contribution in [0.4, 0.5) is 10.1 Å². The largest absolute Gasteiger partial charge is 0.477 e. The van der Waals surface area contributed by atoms with E-state index in [2.05, 4.69) is 10.1 Å². The Hall–Kier alpha value is -4.08. The molecular formula is C27H20ClFN4O3S. The molecule has 0 atom stereocenters. The summed E-state index contributed by atoms with van der Waals surface area (Å²) in [6.45, 7) is 3.49. The van der Waals surface area contributed by atoms with Crippen LogP contribution in [-0.4, -0.2) is 37.6 Å². The first kappa shape index (κ1) is 24.6. The molecule has 7 nitrogen and oxygen atoms in total. The second-order valence-electron chi connectivity index (χ2n) is 8.55. The minimum absolute atomic E-state index is 0.0121. The van der Waals surface area contributed by atoms with Crippen molar-refractivity contribution in [3.05, 3.63) is 94.3 Å². The van der Waals surface area contributed by atoms with Crippen molar-refractivity contribution in [2.24, 2.45) is 0 Å². The summed E-state index contributed by atoms with van der Waals surface area (Å²) >= 11 is 6.89. The summed E-state index contributed by atoms with van der Waals surface area (Å²) in [5, 5.41) is 14.6. The zero-order valence-electron chi connectivity index (χ0n) is 19.7. The molecule has 0 fully saturated rings. The Morgan fingerprint density at radius 2 is 1.81 bits per heavy atom. The van der Waals surface area contributed by atoms with Crippen LogP contribution in [-0.2, 0) is 0 Å². The lowest BCUT2D eigenvalue weighted by Gasteiger charge is -2.27. The second-order valence-corrected chi connectivity index (χ2v) is 10.0. The van der Waals surface area contributed by atoms with Gasteiger partial charge in [-0.15, -0.1) is 11.3 Å². The molecule has 3 aromatic heterocycles. The summed E-state index contributed by atoms with van der Waals surface area (Å²) in [4.78, 5) is 31.7. The molecule has 5 aromatic rings. The molecule has 0 spiro atoms. The number of anilines is 1. The van der Waals surface area contributed by atoms with E-state index in [1.54, 1.807) is 36.7 Å². The minimum atomic E-state index is -1.17. The Morgan fingerprint density at radius 3 is 2.46 bits per heavy atom. The van der Waals surface area contributed by atoms with Crippen molar-refractivity contribution in [2.45, 2.75) is 19.9 Å². The molecule has 0 unspecified atom stereocenters. The van der Waals surface area contributed by atoms with Crippen LogP contribution in [0.1, 0.15) is 33.9 Å². The average molecular weight is 535 g/mol. The van der Waals surface area contributed by atoms with Gasteiger partial charge in [-0.1, -0.05) is 35.9 Å². The van der Waals surface area contributed by atoms with Gasteiger partial charge in [0.1, 0.15) is 10.7 Å². The summed E-state index contributed by atoms with van der Waals surface area (Å²) in [6.07, 6.45) is 3.52. The minimum Gasteiger partial charge on any atom is -0.477 e. The van der Waals surface area contributed by atoms with Gasteiger partial charge in [0.05, 0.1) is 16.9 Å². The highest BCUT2D eigenvalue weighted by Crippen LogP contribution is 2.39. The van der Waals surface area contributed by atoms with Gasteiger partial charge < -0.3 is 10.0 Å². The molecule has 0 bridgehead atoms. The number of hydrogen-bond donors (Lipinski definition) is 1. The molecule has 2 aromatic carbocycles. The third-order valence-corrected chi connectivity index (χ3v) is 7.16. The standard InChI is InChI=1S/C27H20ClFN4O3S/c1-15(2)33(26(34)19-9-8-18(28)12-20(19)29)22-14-23(37-25(22)27(35)36)17-6-4-16(5-7-17)21-13-24-30-10-3-11-32(24)31-21/h3-15H,1-2H3,(H,35,36). The van der Waals surface area contributed by atoms with E-state index < -0.39 is 23.7 Å². The number of carbonyl (C=O) groups is 2. The number of hydrogen-bond acceptors (Lipinski definition) is 5. The zero-order chi connectivity index (χ0) is 26.3. The van der Waals surface area contributed by atoms with Crippen LogP contribution in [0.5, 0.6) is 0 Å². The van der Waals surface area contributed by atoms with Crippen molar-refractivity contribution >= 4 is 46.1 Å². The highest BCUT2D eigenvalue weighted by molar-refractivity contribution is 7.18. The molecule has 3 heterocycles. The van der Waals surface area contributed by atoms with Gasteiger partial charge in [0.25, 0.3) is 5.91 Å². The predicted octanol–water partition coefficient (Wildman–Crippen LogP) is 6.67. The first-order chi connectivity index (χ1) is 17.7. The van der Waals surface area contributed by atoms with Crippen LogP contribution in [0.15, 0.2) is 73.1 Å². The van der Waals surface area contributed by atoms with Crippen LogP contribution >= 0.6 is 22.9 Å². The van der Waals surface area contributed by atoms with Crippen molar-refractivity contribution in [3.8, 4) is 21.7 Å². The normalized spacial score (nSPS) is 11.3. The number of nitrogens with zero attached hydrogens (tertiary/aromatic N) is 4. The van der Waals surface area contributed by atoms with Gasteiger partial charge in [-0.25, -0.2) is 18.7 Å². The third kappa shape index (κ3) is 4.71. The molecule has 1 amide bonds.